The zero-order valence-electron chi connectivity index (χ0n) is 28.3. The highest BCUT2D eigenvalue weighted by molar-refractivity contribution is 7.64. The zero-order valence-corrected chi connectivity index (χ0v) is 30.0. The van der Waals surface area contributed by atoms with Crippen molar-refractivity contribution in [3.8, 4) is 5.75 Å². The summed E-state index contributed by atoms with van der Waals surface area (Å²) in [6.07, 6.45) is 2.91. The number of carbonyl (C=O) groups is 1. The van der Waals surface area contributed by atoms with E-state index in [2.05, 4.69) is 44.9 Å². The molecule has 2 fully saturated rings. The molecular formula is C33H44ClN8O5P. The highest BCUT2D eigenvalue weighted by Crippen LogP contribution is 2.41. The molecule has 2 aliphatic rings. The van der Waals surface area contributed by atoms with Crippen LogP contribution in [0, 0.1) is 10.1 Å². The van der Waals surface area contributed by atoms with Crippen molar-refractivity contribution in [3.05, 3.63) is 57.7 Å². The van der Waals surface area contributed by atoms with E-state index in [9.17, 15) is 14.9 Å². The first-order valence-electron chi connectivity index (χ1n) is 16.0. The minimum Gasteiger partial charge on any atom is -0.494 e. The lowest BCUT2D eigenvalue weighted by Gasteiger charge is -2.43. The number of hydrogen-bond acceptors (Lipinski definition) is 11. The molecule has 5 rings (SSSR count). The number of ether oxygens (including phenoxy) is 2. The first kappa shape index (κ1) is 35.4. The topological polar surface area (TPSA) is 138 Å². The number of nitrogens with one attached hydrogen (secondary N) is 2. The van der Waals surface area contributed by atoms with Gasteiger partial charge in [0.25, 0.3) is 5.69 Å². The van der Waals surface area contributed by atoms with Crippen molar-refractivity contribution in [2.24, 2.45) is 0 Å². The van der Waals surface area contributed by atoms with Crippen LogP contribution in [-0.2, 0) is 4.74 Å². The van der Waals surface area contributed by atoms with Crippen LogP contribution in [0.1, 0.15) is 33.6 Å². The number of piperidine rings is 1. The molecule has 0 atom stereocenters. The fourth-order valence-corrected chi connectivity index (χ4v) is 7.16. The second-order valence-corrected chi connectivity index (χ2v) is 15.7. The predicted molar refractivity (Wildman–Crippen MR) is 193 cm³/mol. The molecule has 2 N–H and O–H groups in total. The van der Waals surface area contributed by atoms with E-state index in [1.807, 2.05) is 43.9 Å². The molecule has 2 aromatic carbocycles. The minimum atomic E-state index is -0.522. The van der Waals surface area contributed by atoms with Gasteiger partial charge in [0.1, 0.15) is 22.1 Å². The van der Waals surface area contributed by atoms with Crippen molar-refractivity contribution < 1.29 is 19.2 Å². The van der Waals surface area contributed by atoms with E-state index in [0.29, 0.717) is 60.2 Å². The molecule has 1 amide bonds. The van der Waals surface area contributed by atoms with Crippen LogP contribution in [-0.4, -0.2) is 102 Å². The van der Waals surface area contributed by atoms with Crippen LogP contribution >= 0.6 is 19.5 Å². The Morgan fingerprint density at radius 1 is 1.04 bits per heavy atom. The summed E-state index contributed by atoms with van der Waals surface area (Å²) in [5.74, 6) is 1.05. The smallest absolute Gasteiger partial charge is 0.410 e. The van der Waals surface area contributed by atoms with Crippen LogP contribution in [0.5, 0.6) is 5.75 Å². The number of rotatable bonds is 9. The van der Waals surface area contributed by atoms with Crippen LogP contribution in [0.25, 0.3) is 0 Å². The average Bonchev–Trinajstić information content (AvgIpc) is 3.05. The highest BCUT2D eigenvalue weighted by atomic mass is 35.5. The number of hydrogen-bond donors (Lipinski definition) is 2. The van der Waals surface area contributed by atoms with Crippen LogP contribution < -0.4 is 25.6 Å². The summed E-state index contributed by atoms with van der Waals surface area (Å²) in [6.45, 7) is 14.0. The van der Waals surface area contributed by atoms with Gasteiger partial charge in [0.2, 0.25) is 5.95 Å². The van der Waals surface area contributed by atoms with Crippen LogP contribution in [0.15, 0.2) is 42.6 Å². The van der Waals surface area contributed by atoms with Crippen LogP contribution in [0.2, 0.25) is 5.02 Å². The van der Waals surface area contributed by atoms with Crippen molar-refractivity contribution in [1.29, 1.82) is 0 Å². The van der Waals surface area contributed by atoms with Crippen molar-refractivity contribution in [2.45, 2.75) is 45.3 Å². The van der Waals surface area contributed by atoms with E-state index >= 15 is 0 Å². The molecular weight excluding hydrogens is 655 g/mol. The summed E-state index contributed by atoms with van der Waals surface area (Å²) in [6, 6.07) is 11.5. The third-order valence-electron chi connectivity index (χ3n) is 8.41. The summed E-state index contributed by atoms with van der Waals surface area (Å²) < 4.78 is 11.2. The Balaban J connectivity index is 1.27. The number of aromatic nitrogens is 2. The maximum Gasteiger partial charge on any atom is 0.410 e. The van der Waals surface area contributed by atoms with Gasteiger partial charge in [-0.15, -0.1) is 0 Å². The predicted octanol–water partition coefficient (Wildman–Crippen LogP) is 6.42. The van der Waals surface area contributed by atoms with Crippen molar-refractivity contribution in [1.82, 2.24) is 19.8 Å². The molecule has 15 heteroatoms. The van der Waals surface area contributed by atoms with Gasteiger partial charge in [-0.25, -0.2) is 9.78 Å². The summed E-state index contributed by atoms with van der Waals surface area (Å²) in [4.78, 5) is 39.6. The molecule has 3 aromatic rings. The Bertz CT molecular complexity index is 1620. The monoisotopic (exact) mass is 698 g/mol. The quantitative estimate of drug-likeness (QED) is 0.145. The average molecular weight is 699 g/mol. The van der Waals surface area contributed by atoms with Crippen LogP contribution in [0.4, 0.5) is 39.3 Å². The Labute approximate surface area is 287 Å². The van der Waals surface area contributed by atoms with E-state index in [0.717, 1.165) is 31.6 Å². The Morgan fingerprint density at radius 3 is 2.35 bits per heavy atom. The van der Waals surface area contributed by atoms with Gasteiger partial charge in [0.15, 0.2) is 5.82 Å². The van der Waals surface area contributed by atoms with E-state index in [4.69, 9.17) is 21.1 Å². The first-order chi connectivity index (χ1) is 22.8. The normalized spacial score (nSPS) is 16.2. The summed E-state index contributed by atoms with van der Waals surface area (Å²) >= 11 is 6.46. The summed E-state index contributed by atoms with van der Waals surface area (Å²) in [5.41, 5.74) is 1.21. The van der Waals surface area contributed by atoms with Crippen molar-refractivity contribution >= 4 is 65.4 Å². The Morgan fingerprint density at radius 2 is 1.73 bits per heavy atom. The third kappa shape index (κ3) is 8.56. The number of para-hydroxylation sites is 1. The lowest BCUT2D eigenvalue weighted by Crippen LogP contribution is -2.55. The van der Waals surface area contributed by atoms with Crippen molar-refractivity contribution in [3.63, 3.8) is 0 Å². The largest absolute Gasteiger partial charge is 0.494 e. The second kappa shape index (κ2) is 15.1. The van der Waals surface area contributed by atoms with E-state index < -0.39 is 5.60 Å². The fraction of sp³-hybridized carbons (Fsp3) is 0.485. The maximum atomic E-state index is 12.5. The molecule has 13 nitrogen and oxygen atoms in total. The minimum absolute atomic E-state index is 0.0387. The number of carbonyl (C=O) groups excluding carboxylic acids is 1. The molecule has 0 radical (unpaired) electrons. The van der Waals surface area contributed by atoms with Gasteiger partial charge in [-0.2, -0.15) is 4.98 Å². The van der Waals surface area contributed by atoms with E-state index in [1.165, 1.54) is 24.7 Å². The molecule has 48 heavy (non-hydrogen) atoms. The summed E-state index contributed by atoms with van der Waals surface area (Å²) in [5, 5.41) is 20.3. The van der Waals surface area contributed by atoms with Gasteiger partial charge in [0, 0.05) is 63.1 Å². The fourth-order valence-electron chi connectivity index (χ4n) is 6.02. The van der Waals surface area contributed by atoms with Gasteiger partial charge >= 0.3 is 6.09 Å². The van der Waals surface area contributed by atoms with Crippen LogP contribution in [0.3, 0.4) is 0 Å². The number of nitrogens with zero attached hydrogens (tertiary/aromatic N) is 6. The molecule has 0 aliphatic carbocycles. The second-order valence-electron chi connectivity index (χ2n) is 13.1. The number of nitro groups is 1. The number of anilines is 5. The maximum absolute atomic E-state index is 12.5. The molecule has 2 aliphatic heterocycles. The van der Waals surface area contributed by atoms with Gasteiger partial charge in [-0.05, 0) is 58.3 Å². The Hall–Kier alpha value is -3.93. The lowest BCUT2D eigenvalue weighted by atomic mass is 10.0. The number of piperazine rings is 1. The van der Waals surface area contributed by atoms with E-state index in [1.54, 1.807) is 11.0 Å². The molecule has 2 saturated heterocycles. The number of benzene rings is 2. The number of nitro benzene ring substituents is 1. The SMILES string of the molecule is COc1cc(N2CCC(N3CCN(C(=O)OC(C)(C)C)CC3)CC2)c([N+](=O)[O-])cc1Nc1ncc(Cl)c(Nc2ccccc2P(C)C)n1. The standard InChI is InChI=1S/C33H44ClN8O5P/c1-33(2,3)47-32(43)41-17-15-39(16-18-41)22-11-13-40(14-12-22)26-20-28(46-4)25(19-27(26)42(44)45)37-31-35-21-23(34)30(38-31)36-24-9-7-8-10-29(24)48(5)6/h7-10,19-22H,11-18H2,1-6H3,(H2,35,36,37,38). The summed E-state index contributed by atoms with van der Waals surface area (Å²) in [7, 11) is 1.15. The molecule has 3 heterocycles. The molecule has 0 unspecified atom stereocenters. The number of methoxy groups -OCH3 is 1. The van der Waals surface area contributed by atoms with Crippen molar-refractivity contribution in [2.75, 3.05) is 75.2 Å². The lowest BCUT2D eigenvalue weighted by molar-refractivity contribution is -0.384. The molecule has 0 bridgehead atoms. The number of amides is 1. The van der Waals surface area contributed by atoms with Gasteiger partial charge in [0.05, 0.1) is 23.9 Å². The molecule has 258 valence electrons. The van der Waals surface area contributed by atoms with Gasteiger partial charge in [-0.3, -0.25) is 15.0 Å². The Kier molecular flexibility index (Phi) is 11.1. The van der Waals surface area contributed by atoms with Gasteiger partial charge in [-0.1, -0.05) is 37.7 Å². The highest BCUT2D eigenvalue weighted by Gasteiger charge is 2.33. The molecule has 1 aromatic heterocycles. The first-order valence-corrected chi connectivity index (χ1v) is 18.6. The molecule has 0 saturated carbocycles. The third-order valence-corrected chi connectivity index (χ3v) is 10.0. The van der Waals surface area contributed by atoms with E-state index in [-0.39, 0.29) is 30.6 Å². The number of halogens is 1. The molecule has 0 spiro atoms. The van der Waals surface area contributed by atoms with Gasteiger partial charge < -0.3 is 29.9 Å². The zero-order chi connectivity index (χ0) is 34.6.